The molecule has 1 aromatic heterocycles. The highest BCUT2D eigenvalue weighted by molar-refractivity contribution is 7.91. The van der Waals surface area contributed by atoms with E-state index in [-0.39, 0.29) is 27.5 Å². The number of carbonyl (C=O) groups is 1. The smallest absolute Gasteiger partial charge is 0.310 e. The second-order valence-corrected chi connectivity index (χ2v) is 8.19. The van der Waals surface area contributed by atoms with Crippen molar-refractivity contribution in [3.05, 3.63) is 36.5 Å². The monoisotopic (exact) mass is 390 g/mol. The van der Waals surface area contributed by atoms with Crippen LogP contribution in [0.15, 0.2) is 46.3 Å². The SMILES string of the molecule is CCOC(=O)[C@H]1CCCN(c2ncc(S(=O)(=O)c3ccccc3)c(N)n2)C1. The fourth-order valence-corrected chi connectivity index (χ4v) is 4.35. The van der Waals surface area contributed by atoms with Crippen molar-refractivity contribution in [1.82, 2.24) is 9.97 Å². The van der Waals surface area contributed by atoms with Gasteiger partial charge < -0.3 is 15.4 Å². The van der Waals surface area contributed by atoms with Gasteiger partial charge in [0.15, 0.2) is 0 Å². The fourth-order valence-electron chi connectivity index (χ4n) is 3.07. The lowest BCUT2D eigenvalue weighted by Crippen LogP contribution is -2.40. The number of nitrogens with two attached hydrogens (primary N) is 1. The van der Waals surface area contributed by atoms with Crippen molar-refractivity contribution in [2.75, 3.05) is 30.3 Å². The van der Waals surface area contributed by atoms with Crippen molar-refractivity contribution < 1.29 is 17.9 Å². The van der Waals surface area contributed by atoms with E-state index in [9.17, 15) is 13.2 Å². The predicted molar refractivity (Wildman–Crippen MR) is 99.9 cm³/mol. The molecule has 1 aliphatic heterocycles. The second kappa shape index (κ2) is 7.91. The van der Waals surface area contributed by atoms with E-state index < -0.39 is 9.84 Å². The molecule has 0 radical (unpaired) electrons. The molecule has 3 rings (SSSR count). The summed E-state index contributed by atoms with van der Waals surface area (Å²) in [7, 11) is -3.79. The molecule has 0 aliphatic carbocycles. The van der Waals surface area contributed by atoms with Crippen LogP contribution in [0, 0.1) is 5.92 Å². The van der Waals surface area contributed by atoms with Gasteiger partial charge in [-0.3, -0.25) is 4.79 Å². The Kier molecular flexibility index (Phi) is 5.59. The first kappa shape index (κ1) is 19.1. The molecule has 27 heavy (non-hydrogen) atoms. The van der Waals surface area contributed by atoms with Gasteiger partial charge in [-0.05, 0) is 31.9 Å². The van der Waals surface area contributed by atoms with E-state index in [4.69, 9.17) is 10.5 Å². The van der Waals surface area contributed by atoms with Crippen molar-refractivity contribution in [2.24, 2.45) is 5.92 Å². The summed E-state index contributed by atoms with van der Waals surface area (Å²) in [5.41, 5.74) is 5.95. The van der Waals surface area contributed by atoms with Crippen LogP contribution in [-0.2, 0) is 19.4 Å². The van der Waals surface area contributed by atoms with E-state index in [1.165, 1.54) is 18.3 Å². The number of ether oxygens (including phenoxy) is 1. The van der Waals surface area contributed by atoms with E-state index in [1.54, 1.807) is 25.1 Å². The minimum absolute atomic E-state index is 0.109. The van der Waals surface area contributed by atoms with Crippen molar-refractivity contribution in [1.29, 1.82) is 0 Å². The van der Waals surface area contributed by atoms with Crippen LogP contribution in [0.3, 0.4) is 0 Å². The van der Waals surface area contributed by atoms with Crippen LogP contribution in [0.2, 0.25) is 0 Å². The van der Waals surface area contributed by atoms with E-state index in [0.29, 0.717) is 25.6 Å². The molecule has 2 aromatic rings. The molecular weight excluding hydrogens is 368 g/mol. The Hall–Kier alpha value is -2.68. The number of benzene rings is 1. The summed E-state index contributed by atoms with van der Waals surface area (Å²) in [6.07, 6.45) is 2.76. The topological polar surface area (TPSA) is 115 Å². The Morgan fingerprint density at radius 3 is 2.74 bits per heavy atom. The fraction of sp³-hybridized carbons (Fsp3) is 0.389. The Labute approximate surface area is 158 Å². The third-order valence-electron chi connectivity index (χ3n) is 4.44. The molecule has 1 saturated heterocycles. The predicted octanol–water partition coefficient (Wildman–Crippen LogP) is 1.67. The van der Waals surface area contributed by atoms with Crippen molar-refractivity contribution in [2.45, 2.75) is 29.6 Å². The number of hydrogen-bond donors (Lipinski definition) is 1. The van der Waals surface area contributed by atoms with E-state index in [2.05, 4.69) is 9.97 Å². The first-order chi connectivity index (χ1) is 12.9. The maximum atomic E-state index is 12.7. The summed E-state index contributed by atoms with van der Waals surface area (Å²) in [6.45, 7) is 3.20. The number of carbonyl (C=O) groups excluding carboxylic acids is 1. The Bertz CT molecular complexity index is 918. The molecular formula is C18H22N4O4S. The largest absolute Gasteiger partial charge is 0.466 e. The second-order valence-electron chi connectivity index (χ2n) is 6.27. The molecule has 8 nitrogen and oxygen atoms in total. The highest BCUT2D eigenvalue weighted by Crippen LogP contribution is 2.27. The summed E-state index contributed by atoms with van der Waals surface area (Å²) in [5.74, 6) is -0.287. The van der Waals surface area contributed by atoms with Gasteiger partial charge in [0.25, 0.3) is 0 Å². The van der Waals surface area contributed by atoms with Crippen LogP contribution in [-0.4, -0.2) is 44.1 Å². The Morgan fingerprint density at radius 1 is 1.33 bits per heavy atom. The molecule has 1 aromatic carbocycles. The van der Waals surface area contributed by atoms with E-state index in [0.717, 1.165) is 12.8 Å². The Morgan fingerprint density at radius 2 is 2.07 bits per heavy atom. The lowest BCUT2D eigenvalue weighted by molar-refractivity contribution is -0.148. The molecule has 144 valence electrons. The number of nitrogens with zero attached hydrogens (tertiary/aromatic N) is 3. The molecule has 0 unspecified atom stereocenters. The van der Waals surface area contributed by atoms with E-state index >= 15 is 0 Å². The minimum Gasteiger partial charge on any atom is -0.466 e. The normalized spacial score (nSPS) is 17.5. The first-order valence-corrected chi connectivity index (χ1v) is 10.3. The lowest BCUT2D eigenvalue weighted by atomic mass is 9.98. The van der Waals surface area contributed by atoms with Gasteiger partial charge in [0, 0.05) is 13.1 Å². The molecule has 2 heterocycles. The van der Waals surface area contributed by atoms with Gasteiger partial charge in [0.2, 0.25) is 15.8 Å². The van der Waals surface area contributed by atoms with Crippen molar-refractivity contribution in [3.63, 3.8) is 0 Å². The molecule has 0 amide bonds. The molecule has 1 fully saturated rings. The number of anilines is 2. The van der Waals surface area contributed by atoms with Gasteiger partial charge in [-0.25, -0.2) is 13.4 Å². The van der Waals surface area contributed by atoms with Crippen molar-refractivity contribution >= 4 is 27.6 Å². The van der Waals surface area contributed by atoms with Crippen LogP contribution < -0.4 is 10.6 Å². The summed E-state index contributed by atoms with van der Waals surface area (Å²) < 4.78 is 30.5. The summed E-state index contributed by atoms with van der Waals surface area (Å²) in [4.78, 5) is 22.2. The van der Waals surface area contributed by atoms with Gasteiger partial charge in [0.05, 0.1) is 23.6 Å². The number of rotatable bonds is 5. The first-order valence-electron chi connectivity index (χ1n) is 8.77. The molecule has 1 atom stereocenters. The maximum Gasteiger partial charge on any atom is 0.310 e. The number of sulfone groups is 1. The van der Waals surface area contributed by atoms with Crippen molar-refractivity contribution in [3.8, 4) is 0 Å². The molecule has 9 heteroatoms. The zero-order valence-electron chi connectivity index (χ0n) is 15.0. The zero-order valence-corrected chi connectivity index (χ0v) is 15.9. The van der Waals surface area contributed by atoms with Gasteiger partial charge in [-0.2, -0.15) is 4.98 Å². The summed E-state index contributed by atoms with van der Waals surface area (Å²) in [6, 6.07) is 8.01. The summed E-state index contributed by atoms with van der Waals surface area (Å²) >= 11 is 0. The minimum atomic E-state index is -3.79. The van der Waals surface area contributed by atoms with Crippen LogP contribution >= 0.6 is 0 Å². The molecule has 0 saturated carbocycles. The third-order valence-corrected chi connectivity index (χ3v) is 6.22. The van der Waals surface area contributed by atoms with Gasteiger partial charge in [-0.15, -0.1) is 0 Å². The zero-order chi connectivity index (χ0) is 19.4. The third kappa shape index (κ3) is 4.02. The van der Waals surface area contributed by atoms with Gasteiger partial charge >= 0.3 is 5.97 Å². The van der Waals surface area contributed by atoms with Gasteiger partial charge in [0.1, 0.15) is 10.7 Å². The standard InChI is InChI=1S/C18H22N4O4S/c1-2-26-17(23)13-7-6-10-22(12-13)18-20-11-15(16(19)21-18)27(24,25)14-8-4-3-5-9-14/h3-5,8-9,11,13H,2,6-7,10,12H2,1H3,(H2,19,20,21)/t13-/m0/s1. The van der Waals surface area contributed by atoms with Crippen LogP contribution in [0.1, 0.15) is 19.8 Å². The number of hydrogen-bond acceptors (Lipinski definition) is 8. The molecule has 0 spiro atoms. The molecule has 0 bridgehead atoms. The highest BCUT2D eigenvalue weighted by atomic mass is 32.2. The van der Waals surface area contributed by atoms with E-state index in [1.807, 2.05) is 4.90 Å². The average Bonchev–Trinajstić information content (AvgIpc) is 2.68. The number of esters is 1. The number of nitrogen functional groups attached to an aromatic ring is 1. The summed E-state index contributed by atoms with van der Waals surface area (Å²) in [5, 5.41) is 0. The number of aromatic nitrogens is 2. The number of piperidine rings is 1. The highest BCUT2D eigenvalue weighted by Gasteiger charge is 2.29. The Balaban J connectivity index is 1.84. The van der Waals surface area contributed by atoms with Crippen LogP contribution in [0.5, 0.6) is 0 Å². The molecule has 1 aliphatic rings. The van der Waals surface area contributed by atoms with Crippen LogP contribution in [0.25, 0.3) is 0 Å². The van der Waals surface area contributed by atoms with Crippen LogP contribution in [0.4, 0.5) is 11.8 Å². The molecule has 2 N–H and O–H groups in total. The average molecular weight is 390 g/mol. The quantitative estimate of drug-likeness (QED) is 0.767. The van der Waals surface area contributed by atoms with Gasteiger partial charge in [-0.1, -0.05) is 18.2 Å². The maximum absolute atomic E-state index is 12.7. The lowest BCUT2D eigenvalue weighted by Gasteiger charge is -2.31.